The fourth-order valence-electron chi connectivity index (χ4n) is 2.86. The van der Waals surface area contributed by atoms with Crippen molar-refractivity contribution in [3.05, 3.63) is 24.0 Å². The minimum Gasteiger partial charge on any atom is -0.306 e. The van der Waals surface area contributed by atoms with Crippen molar-refractivity contribution in [2.24, 2.45) is 5.92 Å². The summed E-state index contributed by atoms with van der Waals surface area (Å²) in [5.41, 5.74) is 1.63. The number of nitrogens with one attached hydrogen (secondary N) is 1. The Kier molecular flexibility index (Phi) is 3.92. The quantitative estimate of drug-likeness (QED) is 0.871. The third-order valence-corrected chi connectivity index (χ3v) is 6.35. The summed E-state index contributed by atoms with van der Waals surface area (Å²) in [4.78, 5) is 6.64. The lowest BCUT2D eigenvalue weighted by Gasteiger charge is -2.39. The molecule has 0 radical (unpaired) electrons. The number of pyridine rings is 1. The second kappa shape index (κ2) is 5.57. The maximum atomic E-state index is 11.9. The van der Waals surface area contributed by atoms with Crippen LogP contribution in [-0.2, 0) is 16.4 Å². The molecule has 1 aromatic rings. The van der Waals surface area contributed by atoms with Gasteiger partial charge in [-0.15, -0.1) is 0 Å². The van der Waals surface area contributed by atoms with E-state index in [4.69, 9.17) is 0 Å². The molecule has 6 heteroatoms. The topological polar surface area (TPSA) is 62.3 Å². The molecule has 0 atom stereocenters. The molecule has 1 aromatic heterocycles. The third kappa shape index (κ3) is 3.55. The minimum atomic E-state index is -3.18. The average molecular weight is 309 g/mol. The van der Waals surface area contributed by atoms with Gasteiger partial charge in [0.1, 0.15) is 0 Å². The smallest absolute Gasteiger partial charge is 0.235 e. The summed E-state index contributed by atoms with van der Waals surface area (Å²) in [7, 11) is 1.05. The van der Waals surface area contributed by atoms with Gasteiger partial charge in [-0.25, -0.2) is 8.42 Å². The molecule has 2 saturated carbocycles. The highest BCUT2D eigenvalue weighted by atomic mass is 32.2. The lowest BCUT2D eigenvalue weighted by molar-refractivity contribution is 0.123. The van der Waals surface area contributed by atoms with Crippen molar-refractivity contribution < 1.29 is 8.42 Å². The Bertz CT molecular complexity index is 605. The van der Waals surface area contributed by atoms with Crippen LogP contribution in [0.1, 0.15) is 31.4 Å². The fourth-order valence-corrected chi connectivity index (χ4v) is 4.24. The summed E-state index contributed by atoms with van der Waals surface area (Å²) in [6.45, 7) is 0. The van der Waals surface area contributed by atoms with E-state index in [9.17, 15) is 8.42 Å². The molecule has 2 fully saturated rings. The molecule has 2 aliphatic carbocycles. The monoisotopic (exact) mass is 309 g/mol. The number of hydrogen-bond acceptors (Lipinski definition) is 4. The second-order valence-electron chi connectivity index (χ2n) is 6.54. The zero-order valence-electron chi connectivity index (χ0n) is 12.6. The first-order valence-electron chi connectivity index (χ1n) is 7.57. The molecule has 1 heterocycles. The van der Waals surface area contributed by atoms with Crippen LogP contribution in [0.4, 0.5) is 5.69 Å². The second-order valence-corrected chi connectivity index (χ2v) is 8.50. The van der Waals surface area contributed by atoms with Gasteiger partial charge in [0.25, 0.3) is 0 Å². The Morgan fingerprint density at radius 2 is 2.05 bits per heavy atom. The van der Waals surface area contributed by atoms with Gasteiger partial charge in [0, 0.05) is 17.9 Å². The van der Waals surface area contributed by atoms with Crippen LogP contribution in [0.15, 0.2) is 18.3 Å². The van der Waals surface area contributed by atoms with Crippen molar-refractivity contribution in [3.63, 3.8) is 0 Å². The van der Waals surface area contributed by atoms with E-state index in [2.05, 4.69) is 28.7 Å². The molecule has 21 heavy (non-hydrogen) atoms. The van der Waals surface area contributed by atoms with Gasteiger partial charge in [-0.1, -0.05) is 0 Å². The Hall–Kier alpha value is -1.14. The van der Waals surface area contributed by atoms with Crippen LogP contribution in [0.25, 0.3) is 0 Å². The Morgan fingerprint density at radius 3 is 2.67 bits per heavy atom. The molecular weight excluding hydrogens is 286 g/mol. The van der Waals surface area contributed by atoms with Gasteiger partial charge in [-0.05, 0) is 64.3 Å². The fraction of sp³-hybridized carbons (Fsp3) is 0.667. The summed E-state index contributed by atoms with van der Waals surface area (Å²) in [6.07, 6.45) is 6.59. The molecule has 0 saturated heterocycles. The van der Waals surface area contributed by atoms with E-state index in [1.807, 2.05) is 6.07 Å². The van der Waals surface area contributed by atoms with Gasteiger partial charge in [0.05, 0.1) is 10.9 Å². The Morgan fingerprint density at radius 1 is 1.33 bits per heavy atom. The van der Waals surface area contributed by atoms with Crippen molar-refractivity contribution in [1.82, 2.24) is 9.88 Å². The van der Waals surface area contributed by atoms with E-state index in [0.717, 1.165) is 25.0 Å². The zero-order valence-corrected chi connectivity index (χ0v) is 13.4. The predicted octanol–water partition coefficient (Wildman–Crippen LogP) is 1.87. The highest BCUT2D eigenvalue weighted by Gasteiger charge is 2.36. The van der Waals surface area contributed by atoms with Gasteiger partial charge >= 0.3 is 0 Å². The molecule has 2 aliphatic rings. The summed E-state index contributed by atoms with van der Waals surface area (Å²) in [5.74, 6) is 0.667. The van der Waals surface area contributed by atoms with Crippen molar-refractivity contribution >= 4 is 15.7 Å². The predicted molar refractivity (Wildman–Crippen MR) is 83.7 cm³/mol. The van der Waals surface area contributed by atoms with Gasteiger partial charge in [0.15, 0.2) is 0 Å². The lowest BCUT2D eigenvalue weighted by Crippen LogP contribution is -2.41. The number of anilines is 1. The van der Waals surface area contributed by atoms with Crippen LogP contribution in [-0.4, -0.2) is 43.7 Å². The van der Waals surface area contributed by atoms with Gasteiger partial charge < -0.3 is 4.90 Å². The molecule has 0 spiro atoms. The number of sulfonamides is 1. The number of hydrogen-bond donors (Lipinski definition) is 1. The van der Waals surface area contributed by atoms with Crippen LogP contribution in [0.3, 0.4) is 0 Å². The summed E-state index contributed by atoms with van der Waals surface area (Å²) in [6, 6.07) is 4.29. The number of aromatic nitrogens is 1. The van der Waals surface area contributed by atoms with Crippen molar-refractivity contribution in [2.75, 3.05) is 18.8 Å². The van der Waals surface area contributed by atoms with E-state index in [-0.39, 0.29) is 5.25 Å². The lowest BCUT2D eigenvalue weighted by atomic mass is 9.77. The maximum absolute atomic E-state index is 11.9. The zero-order chi connectivity index (χ0) is 15.0. The largest absolute Gasteiger partial charge is 0.306 e. The summed E-state index contributed by atoms with van der Waals surface area (Å²) < 4.78 is 26.6. The van der Waals surface area contributed by atoms with Crippen LogP contribution < -0.4 is 4.72 Å². The number of rotatable bonds is 6. The van der Waals surface area contributed by atoms with Crippen LogP contribution in [0.2, 0.25) is 0 Å². The van der Waals surface area contributed by atoms with Gasteiger partial charge in [-0.3, -0.25) is 9.71 Å². The SMILES string of the molecule is CN(C)C1CC(Cc2cc(NS(=O)(=O)C3CC3)ccn2)C1. The van der Waals surface area contributed by atoms with E-state index in [1.165, 1.54) is 12.8 Å². The molecule has 0 aromatic carbocycles. The van der Waals surface area contributed by atoms with E-state index >= 15 is 0 Å². The molecule has 1 N–H and O–H groups in total. The minimum absolute atomic E-state index is 0.193. The van der Waals surface area contributed by atoms with Crippen molar-refractivity contribution in [1.29, 1.82) is 0 Å². The molecule has 0 amide bonds. The van der Waals surface area contributed by atoms with Crippen LogP contribution in [0, 0.1) is 5.92 Å². The van der Waals surface area contributed by atoms with E-state index in [1.54, 1.807) is 12.3 Å². The Balaban J connectivity index is 1.59. The van der Waals surface area contributed by atoms with E-state index < -0.39 is 10.0 Å². The average Bonchev–Trinajstić information content (AvgIpc) is 3.17. The third-order valence-electron chi connectivity index (χ3n) is 4.48. The highest BCUT2D eigenvalue weighted by molar-refractivity contribution is 7.93. The first-order valence-corrected chi connectivity index (χ1v) is 9.11. The van der Waals surface area contributed by atoms with Crippen LogP contribution in [0.5, 0.6) is 0 Å². The first-order chi connectivity index (χ1) is 9.94. The summed E-state index contributed by atoms with van der Waals surface area (Å²) >= 11 is 0. The molecule has 116 valence electrons. The maximum Gasteiger partial charge on any atom is 0.235 e. The normalized spacial score (nSPS) is 25.7. The molecule has 5 nitrogen and oxygen atoms in total. The van der Waals surface area contributed by atoms with E-state index in [0.29, 0.717) is 17.6 Å². The molecular formula is C15H23N3O2S. The standard InChI is InChI=1S/C15H23N3O2S/c1-18(2)14-8-11(9-14)7-13-10-12(5-6-16-13)17-21(19,20)15-3-4-15/h5-6,10-11,14-15H,3-4,7-9H2,1-2H3,(H,16,17). The van der Waals surface area contributed by atoms with Gasteiger partial charge in [-0.2, -0.15) is 0 Å². The van der Waals surface area contributed by atoms with Crippen molar-refractivity contribution in [2.45, 2.75) is 43.4 Å². The van der Waals surface area contributed by atoms with Crippen molar-refractivity contribution in [3.8, 4) is 0 Å². The molecule has 0 unspecified atom stereocenters. The summed E-state index contributed by atoms with van der Waals surface area (Å²) in [5, 5.41) is -0.193. The first kappa shape index (κ1) is 14.8. The number of nitrogens with zero attached hydrogens (tertiary/aromatic N) is 2. The molecule has 3 rings (SSSR count). The highest BCUT2D eigenvalue weighted by Crippen LogP contribution is 2.33. The molecule has 0 bridgehead atoms. The molecule has 0 aliphatic heterocycles. The van der Waals surface area contributed by atoms with Gasteiger partial charge in [0.2, 0.25) is 10.0 Å². The van der Waals surface area contributed by atoms with Crippen LogP contribution >= 0.6 is 0 Å². The Labute approximate surface area is 126 Å².